The normalized spacial score (nSPS) is 12.6. The number of nitrogens with zero attached hydrogens (tertiary/aromatic N) is 3. The minimum atomic E-state index is -4.53. The summed E-state index contributed by atoms with van der Waals surface area (Å²) < 4.78 is 45.2. The average Bonchev–Trinajstić information content (AvgIpc) is 2.89. The standard InChI is InChI=1S/C15H19ClF3N3OSi/c1-24(2,3)9-8-23-10-22-12(6-7-20-22)11-4-5-13(15(17,18)19)21-14(11)16/h4-7H,8-10H2,1-3H3. The summed E-state index contributed by atoms with van der Waals surface area (Å²) in [5, 5.41) is 3.92. The second-order valence-corrected chi connectivity index (χ2v) is 12.6. The molecule has 0 atom stereocenters. The summed E-state index contributed by atoms with van der Waals surface area (Å²) in [6.45, 7) is 7.59. The van der Waals surface area contributed by atoms with Crippen molar-refractivity contribution in [3.63, 3.8) is 0 Å². The molecule has 0 amide bonds. The molecule has 0 aliphatic heterocycles. The van der Waals surface area contributed by atoms with Gasteiger partial charge in [-0.3, -0.25) is 0 Å². The fraction of sp³-hybridized carbons (Fsp3) is 0.467. The van der Waals surface area contributed by atoms with E-state index in [0.29, 0.717) is 17.9 Å². The largest absolute Gasteiger partial charge is 0.433 e. The van der Waals surface area contributed by atoms with Gasteiger partial charge in [-0.25, -0.2) is 9.67 Å². The highest BCUT2D eigenvalue weighted by atomic mass is 35.5. The molecular formula is C15H19ClF3N3OSi. The van der Waals surface area contributed by atoms with Gasteiger partial charge in [-0.2, -0.15) is 18.3 Å². The Hall–Kier alpha value is -1.38. The summed E-state index contributed by atoms with van der Waals surface area (Å²) in [4.78, 5) is 3.43. The maximum Gasteiger partial charge on any atom is 0.433 e. The molecule has 0 aromatic carbocycles. The molecule has 4 nitrogen and oxygen atoms in total. The van der Waals surface area contributed by atoms with E-state index in [-0.39, 0.29) is 11.9 Å². The summed E-state index contributed by atoms with van der Waals surface area (Å²) in [6, 6.07) is 4.89. The SMILES string of the molecule is C[Si](C)(C)CCOCn1nccc1-c1ccc(C(F)(F)F)nc1Cl. The van der Waals surface area contributed by atoms with E-state index in [1.54, 1.807) is 16.9 Å². The number of halogens is 4. The van der Waals surface area contributed by atoms with Crippen LogP contribution >= 0.6 is 11.6 Å². The number of ether oxygens (including phenoxy) is 1. The molecule has 0 bridgehead atoms. The number of hydrogen-bond donors (Lipinski definition) is 0. The molecule has 0 N–H and O–H groups in total. The Morgan fingerprint density at radius 1 is 1.21 bits per heavy atom. The van der Waals surface area contributed by atoms with E-state index in [1.807, 2.05) is 0 Å². The second-order valence-electron chi connectivity index (χ2n) is 6.60. The molecule has 24 heavy (non-hydrogen) atoms. The number of rotatable bonds is 6. The van der Waals surface area contributed by atoms with Gasteiger partial charge >= 0.3 is 6.18 Å². The van der Waals surface area contributed by atoms with Gasteiger partial charge in [-0.05, 0) is 24.2 Å². The first kappa shape index (κ1) is 18.9. The first-order valence-electron chi connectivity index (χ1n) is 7.41. The van der Waals surface area contributed by atoms with Gasteiger partial charge in [0.15, 0.2) is 0 Å². The van der Waals surface area contributed by atoms with Crippen LogP contribution in [-0.2, 0) is 17.6 Å². The molecule has 0 aliphatic carbocycles. The van der Waals surface area contributed by atoms with Crippen molar-refractivity contribution in [2.24, 2.45) is 0 Å². The Morgan fingerprint density at radius 3 is 2.50 bits per heavy atom. The second kappa shape index (κ2) is 7.24. The van der Waals surface area contributed by atoms with Gasteiger partial charge in [-0.1, -0.05) is 31.2 Å². The Labute approximate surface area is 144 Å². The van der Waals surface area contributed by atoms with Crippen molar-refractivity contribution in [1.29, 1.82) is 0 Å². The predicted molar refractivity (Wildman–Crippen MR) is 89.6 cm³/mol. The molecule has 0 spiro atoms. The third-order valence-electron chi connectivity index (χ3n) is 3.34. The third kappa shape index (κ3) is 5.06. The van der Waals surface area contributed by atoms with Crippen LogP contribution in [0.3, 0.4) is 0 Å². The van der Waals surface area contributed by atoms with Crippen LogP contribution in [0.2, 0.25) is 30.8 Å². The van der Waals surface area contributed by atoms with Gasteiger partial charge in [0.05, 0.1) is 5.69 Å². The molecule has 2 rings (SSSR count). The van der Waals surface area contributed by atoms with Crippen molar-refractivity contribution >= 4 is 19.7 Å². The van der Waals surface area contributed by atoms with Gasteiger partial charge in [0.2, 0.25) is 0 Å². The zero-order chi connectivity index (χ0) is 18.0. The van der Waals surface area contributed by atoms with Crippen LogP contribution in [-0.4, -0.2) is 29.4 Å². The first-order valence-corrected chi connectivity index (χ1v) is 11.5. The van der Waals surface area contributed by atoms with Crippen LogP contribution in [0.5, 0.6) is 0 Å². The van der Waals surface area contributed by atoms with Gasteiger partial charge in [0.1, 0.15) is 17.6 Å². The van der Waals surface area contributed by atoms with Crippen LogP contribution in [0.25, 0.3) is 11.3 Å². The molecule has 2 aromatic heterocycles. The smallest absolute Gasteiger partial charge is 0.360 e. The lowest BCUT2D eigenvalue weighted by molar-refractivity contribution is -0.141. The number of aromatic nitrogens is 3. The van der Waals surface area contributed by atoms with Crippen molar-refractivity contribution < 1.29 is 17.9 Å². The molecule has 0 unspecified atom stereocenters. The zero-order valence-corrected chi connectivity index (χ0v) is 15.4. The molecule has 0 saturated carbocycles. The Morgan fingerprint density at radius 2 is 1.92 bits per heavy atom. The van der Waals surface area contributed by atoms with E-state index in [2.05, 4.69) is 29.7 Å². The lowest BCUT2D eigenvalue weighted by Gasteiger charge is -2.16. The van der Waals surface area contributed by atoms with Crippen LogP contribution < -0.4 is 0 Å². The quantitative estimate of drug-likeness (QED) is 0.407. The molecule has 132 valence electrons. The highest BCUT2D eigenvalue weighted by molar-refractivity contribution is 6.76. The molecular weight excluding hydrogens is 359 g/mol. The van der Waals surface area contributed by atoms with E-state index < -0.39 is 19.9 Å². The lowest BCUT2D eigenvalue weighted by atomic mass is 10.2. The van der Waals surface area contributed by atoms with Crippen LogP contribution in [0.15, 0.2) is 24.4 Å². The lowest BCUT2D eigenvalue weighted by Crippen LogP contribution is -2.22. The number of alkyl halides is 3. The highest BCUT2D eigenvalue weighted by Crippen LogP contribution is 2.32. The van der Waals surface area contributed by atoms with Crippen molar-refractivity contribution in [1.82, 2.24) is 14.8 Å². The zero-order valence-electron chi connectivity index (χ0n) is 13.7. The van der Waals surface area contributed by atoms with Crippen molar-refractivity contribution in [2.45, 2.75) is 38.6 Å². The summed E-state index contributed by atoms with van der Waals surface area (Å²) in [5.41, 5.74) is -0.0705. The minimum Gasteiger partial charge on any atom is -0.360 e. The van der Waals surface area contributed by atoms with E-state index >= 15 is 0 Å². The number of hydrogen-bond acceptors (Lipinski definition) is 3. The van der Waals surface area contributed by atoms with Crippen LogP contribution in [0, 0.1) is 0 Å². The number of pyridine rings is 1. The summed E-state index contributed by atoms with van der Waals surface area (Å²) >= 11 is 5.93. The van der Waals surface area contributed by atoms with E-state index in [4.69, 9.17) is 16.3 Å². The van der Waals surface area contributed by atoms with E-state index in [1.165, 1.54) is 6.07 Å². The van der Waals surface area contributed by atoms with Gasteiger partial charge in [0.25, 0.3) is 0 Å². The molecule has 9 heteroatoms. The van der Waals surface area contributed by atoms with Crippen LogP contribution in [0.4, 0.5) is 13.2 Å². The van der Waals surface area contributed by atoms with Gasteiger partial charge < -0.3 is 4.74 Å². The van der Waals surface area contributed by atoms with Crippen LogP contribution in [0.1, 0.15) is 5.69 Å². The molecule has 2 aromatic rings. The third-order valence-corrected chi connectivity index (χ3v) is 5.33. The monoisotopic (exact) mass is 377 g/mol. The molecule has 0 saturated heterocycles. The minimum absolute atomic E-state index is 0.212. The maximum atomic E-state index is 12.7. The first-order chi connectivity index (χ1) is 11.1. The highest BCUT2D eigenvalue weighted by Gasteiger charge is 2.33. The fourth-order valence-electron chi connectivity index (χ4n) is 1.98. The summed E-state index contributed by atoms with van der Waals surface area (Å²) in [6.07, 6.45) is -2.98. The van der Waals surface area contributed by atoms with E-state index in [0.717, 1.165) is 12.1 Å². The van der Waals surface area contributed by atoms with E-state index in [9.17, 15) is 13.2 Å². The van der Waals surface area contributed by atoms with Gasteiger partial charge in [0, 0.05) is 26.4 Å². The molecule has 0 radical (unpaired) electrons. The van der Waals surface area contributed by atoms with Crippen molar-refractivity contribution in [3.8, 4) is 11.3 Å². The van der Waals surface area contributed by atoms with Gasteiger partial charge in [-0.15, -0.1) is 0 Å². The van der Waals surface area contributed by atoms with Crippen molar-refractivity contribution in [2.75, 3.05) is 6.61 Å². The molecule has 0 fully saturated rings. The average molecular weight is 378 g/mol. The Balaban J connectivity index is 2.12. The topological polar surface area (TPSA) is 39.9 Å². The Bertz CT molecular complexity index is 698. The molecule has 2 heterocycles. The maximum absolute atomic E-state index is 12.7. The molecule has 0 aliphatic rings. The Kier molecular flexibility index (Phi) is 5.72. The summed E-state index contributed by atoms with van der Waals surface area (Å²) in [5.74, 6) is 0. The predicted octanol–water partition coefficient (Wildman–Crippen LogP) is 4.93. The van der Waals surface area contributed by atoms with Crippen molar-refractivity contribution in [3.05, 3.63) is 35.2 Å². The summed E-state index contributed by atoms with van der Waals surface area (Å²) in [7, 11) is -1.18. The fourth-order valence-corrected chi connectivity index (χ4v) is 2.98.